The number of fused-ring (bicyclic) bond motifs is 1. The number of carbonyl (C=O) groups is 2. The van der Waals surface area contributed by atoms with Crippen LogP contribution in [0.25, 0.3) is 0 Å². The minimum atomic E-state index is -0.378. The first kappa shape index (κ1) is 18.0. The van der Waals surface area contributed by atoms with E-state index in [9.17, 15) is 9.59 Å². The Labute approximate surface area is 155 Å². The first-order valence-corrected chi connectivity index (χ1v) is 9.29. The zero-order valence-corrected chi connectivity index (χ0v) is 15.2. The van der Waals surface area contributed by atoms with Gasteiger partial charge in [0, 0.05) is 10.6 Å². The van der Waals surface area contributed by atoms with E-state index >= 15 is 0 Å². The van der Waals surface area contributed by atoms with E-state index in [-0.39, 0.29) is 18.4 Å². The fourth-order valence-electron chi connectivity index (χ4n) is 2.96. The zero-order valence-electron chi connectivity index (χ0n) is 14.4. The van der Waals surface area contributed by atoms with Crippen LogP contribution in [0.1, 0.15) is 39.7 Å². The quantitative estimate of drug-likeness (QED) is 0.762. The first-order valence-electron chi connectivity index (χ1n) is 8.48. The van der Waals surface area contributed by atoms with Gasteiger partial charge in [-0.05, 0) is 49.9 Å². The number of thiophene rings is 1. The van der Waals surface area contributed by atoms with Gasteiger partial charge in [0.1, 0.15) is 5.00 Å². The summed E-state index contributed by atoms with van der Waals surface area (Å²) in [4.78, 5) is 25.8. The maximum absolute atomic E-state index is 12.3. The molecular formula is C19H19N3O3S. The van der Waals surface area contributed by atoms with Gasteiger partial charge in [0.2, 0.25) is 5.91 Å². The Kier molecular flexibility index (Phi) is 5.54. The normalized spacial score (nSPS) is 12.2. The average Bonchev–Trinajstić information content (AvgIpc) is 3.21. The lowest BCUT2D eigenvalue weighted by Gasteiger charge is -2.09. The number of hydrogen-bond acceptors (Lipinski definition) is 6. The SMILES string of the molecule is CCOC(=O)c1c(NC(=O)CNc2cccc(C#N)c2)sc2c1CCC2. The lowest BCUT2D eigenvalue weighted by Crippen LogP contribution is -2.22. The van der Waals surface area contributed by atoms with Crippen LogP contribution in [0.15, 0.2) is 24.3 Å². The number of ether oxygens (including phenoxy) is 1. The number of nitrogens with one attached hydrogen (secondary N) is 2. The minimum Gasteiger partial charge on any atom is -0.462 e. The van der Waals surface area contributed by atoms with Crippen LogP contribution in [0, 0.1) is 11.3 Å². The molecule has 0 fully saturated rings. The fraction of sp³-hybridized carbons (Fsp3) is 0.316. The predicted octanol–water partition coefficient (Wildman–Crippen LogP) is 3.34. The second-order valence-corrected chi connectivity index (χ2v) is 6.98. The Hall–Kier alpha value is -2.85. The van der Waals surface area contributed by atoms with Gasteiger partial charge in [-0.15, -0.1) is 11.3 Å². The number of benzene rings is 1. The van der Waals surface area contributed by atoms with Gasteiger partial charge < -0.3 is 15.4 Å². The predicted molar refractivity (Wildman–Crippen MR) is 101 cm³/mol. The molecule has 26 heavy (non-hydrogen) atoms. The number of anilines is 2. The molecule has 6 nitrogen and oxygen atoms in total. The van der Waals surface area contributed by atoms with Gasteiger partial charge in [0.15, 0.2) is 0 Å². The number of carbonyl (C=O) groups excluding carboxylic acids is 2. The van der Waals surface area contributed by atoms with Crippen molar-refractivity contribution in [3.05, 3.63) is 45.8 Å². The molecule has 1 amide bonds. The summed E-state index contributed by atoms with van der Waals surface area (Å²) in [5.74, 6) is -0.630. The monoisotopic (exact) mass is 369 g/mol. The number of esters is 1. The summed E-state index contributed by atoms with van der Waals surface area (Å²) < 4.78 is 5.16. The number of amides is 1. The second-order valence-electron chi connectivity index (χ2n) is 5.88. The number of aryl methyl sites for hydroxylation is 1. The summed E-state index contributed by atoms with van der Waals surface area (Å²) in [5.41, 5.74) is 2.73. The molecule has 134 valence electrons. The Morgan fingerprint density at radius 1 is 1.35 bits per heavy atom. The smallest absolute Gasteiger partial charge is 0.341 e. The van der Waals surface area contributed by atoms with E-state index in [1.54, 1.807) is 31.2 Å². The van der Waals surface area contributed by atoms with Crippen molar-refractivity contribution >= 4 is 33.9 Å². The van der Waals surface area contributed by atoms with E-state index in [2.05, 4.69) is 16.7 Å². The van der Waals surface area contributed by atoms with E-state index in [0.717, 1.165) is 29.7 Å². The zero-order chi connectivity index (χ0) is 18.5. The largest absolute Gasteiger partial charge is 0.462 e. The van der Waals surface area contributed by atoms with E-state index in [0.29, 0.717) is 28.4 Å². The van der Waals surface area contributed by atoms with Crippen molar-refractivity contribution in [1.29, 1.82) is 5.26 Å². The summed E-state index contributed by atoms with van der Waals surface area (Å²) in [7, 11) is 0. The molecule has 1 aromatic carbocycles. The second kappa shape index (κ2) is 8.02. The topological polar surface area (TPSA) is 91.2 Å². The van der Waals surface area contributed by atoms with Gasteiger partial charge in [0.05, 0.1) is 30.3 Å². The Bertz CT molecular complexity index is 883. The van der Waals surface area contributed by atoms with Crippen molar-refractivity contribution in [2.75, 3.05) is 23.8 Å². The van der Waals surface area contributed by atoms with E-state index < -0.39 is 0 Å². The fourth-order valence-corrected chi connectivity index (χ4v) is 4.26. The van der Waals surface area contributed by atoms with Gasteiger partial charge >= 0.3 is 5.97 Å². The number of nitriles is 1. The molecule has 1 aliphatic carbocycles. The van der Waals surface area contributed by atoms with Crippen molar-refractivity contribution in [3.63, 3.8) is 0 Å². The van der Waals surface area contributed by atoms with Crippen LogP contribution in [-0.2, 0) is 22.4 Å². The van der Waals surface area contributed by atoms with Crippen molar-refractivity contribution < 1.29 is 14.3 Å². The van der Waals surface area contributed by atoms with E-state index in [1.165, 1.54) is 11.3 Å². The molecule has 2 N–H and O–H groups in total. The van der Waals surface area contributed by atoms with E-state index in [1.807, 2.05) is 0 Å². The molecule has 0 unspecified atom stereocenters. The maximum Gasteiger partial charge on any atom is 0.341 e. The molecule has 0 aliphatic heterocycles. The third-order valence-corrected chi connectivity index (χ3v) is 5.31. The molecule has 0 saturated heterocycles. The van der Waals surface area contributed by atoms with Crippen molar-refractivity contribution in [1.82, 2.24) is 0 Å². The lowest BCUT2D eigenvalue weighted by atomic mass is 10.1. The van der Waals surface area contributed by atoms with Crippen LogP contribution in [0.2, 0.25) is 0 Å². The number of hydrogen-bond donors (Lipinski definition) is 2. The average molecular weight is 369 g/mol. The van der Waals surface area contributed by atoms with E-state index in [4.69, 9.17) is 10.00 Å². The first-order chi connectivity index (χ1) is 12.6. The van der Waals surface area contributed by atoms with Crippen molar-refractivity contribution in [3.8, 4) is 6.07 Å². The highest BCUT2D eigenvalue weighted by Crippen LogP contribution is 2.39. The van der Waals surface area contributed by atoms with Gasteiger partial charge in [-0.2, -0.15) is 5.26 Å². The van der Waals surface area contributed by atoms with Gasteiger partial charge in [-0.25, -0.2) is 4.79 Å². The summed E-state index contributed by atoms with van der Waals surface area (Å²) in [6.07, 6.45) is 2.80. The van der Waals surface area contributed by atoms with Crippen LogP contribution >= 0.6 is 11.3 Å². The molecule has 2 aromatic rings. The molecule has 0 saturated carbocycles. The summed E-state index contributed by atoms with van der Waals surface area (Å²) in [6.45, 7) is 2.11. The minimum absolute atomic E-state index is 0.0414. The summed E-state index contributed by atoms with van der Waals surface area (Å²) >= 11 is 1.46. The molecular weight excluding hydrogens is 350 g/mol. The molecule has 1 heterocycles. The van der Waals surface area contributed by atoms with Crippen LogP contribution < -0.4 is 10.6 Å². The highest BCUT2D eigenvalue weighted by atomic mass is 32.1. The number of nitrogens with zero attached hydrogens (tertiary/aromatic N) is 1. The molecule has 3 rings (SSSR count). The summed E-state index contributed by atoms with van der Waals surface area (Å²) in [6, 6.07) is 8.98. The number of rotatable bonds is 6. The Morgan fingerprint density at radius 2 is 2.19 bits per heavy atom. The van der Waals surface area contributed by atoms with Crippen molar-refractivity contribution in [2.24, 2.45) is 0 Å². The molecule has 1 aromatic heterocycles. The lowest BCUT2D eigenvalue weighted by molar-refractivity contribution is -0.114. The van der Waals surface area contributed by atoms with Crippen LogP contribution in [0.3, 0.4) is 0 Å². The highest BCUT2D eigenvalue weighted by Gasteiger charge is 2.28. The van der Waals surface area contributed by atoms with Crippen LogP contribution in [-0.4, -0.2) is 25.0 Å². The summed E-state index contributed by atoms with van der Waals surface area (Å²) in [5, 5.41) is 15.3. The standard InChI is InChI=1S/C19H19N3O3S/c1-2-25-19(24)17-14-7-4-8-15(14)26-18(17)22-16(23)11-21-13-6-3-5-12(9-13)10-20/h3,5-6,9,21H,2,4,7-8,11H2,1H3,(H,22,23). The molecule has 0 spiro atoms. The maximum atomic E-state index is 12.3. The molecule has 0 radical (unpaired) electrons. The molecule has 0 atom stereocenters. The van der Waals surface area contributed by atoms with Crippen LogP contribution in [0.5, 0.6) is 0 Å². The van der Waals surface area contributed by atoms with Crippen LogP contribution in [0.4, 0.5) is 10.7 Å². The Morgan fingerprint density at radius 3 is 2.96 bits per heavy atom. The third kappa shape index (κ3) is 3.86. The van der Waals surface area contributed by atoms with Crippen molar-refractivity contribution in [2.45, 2.75) is 26.2 Å². The molecule has 1 aliphatic rings. The third-order valence-electron chi connectivity index (χ3n) is 4.10. The molecule has 0 bridgehead atoms. The highest BCUT2D eigenvalue weighted by molar-refractivity contribution is 7.17. The van der Waals surface area contributed by atoms with Gasteiger partial charge in [-0.3, -0.25) is 4.79 Å². The van der Waals surface area contributed by atoms with Gasteiger partial charge in [-0.1, -0.05) is 6.07 Å². The molecule has 7 heteroatoms. The van der Waals surface area contributed by atoms with Gasteiger partial charge in [0.25, 0.3) is 0 Å². The Balaban J connectivity index is 1.69.